The highest BCUT2D eigenvalue weighted by molar-refractivity contribution is 5.91. The van der Waals surface area contributed by atoms with Crippen molar-refractivity contribution in [3.8, 4) is 5.69 Å². The van der Waals surface area contributed by atoms with Crippen LogP contribution in [-0.2, 0) is 4.79 Å². The first kappa shape index (κ1) is 17.1. The topological polar surface area (TPSA) is 70.4 Å². The second-order valence-electron chi connectivity index (χ2n) is 5.20. The molecule has 0 aliphatic carbocycles. The summed E-state index contributed by atoms with van der Waals surface area (Å²) in [5, 5.41) is 16.1. The Morgan fingerprint density at radius 1 is 1.39 bits per heavy atom. The molecule has 0 fully saturated rings. The van der Waals surface area contributed by atoms with Gasteiger partial charge in [-0.05, 0) is 37.7 Å². The third-order valence-electron chi connectivity index (χ3n) is 3.40. The third-order valence-corrected chi connectivity index (χ3v) is 3.40. The molecule has 2 N–H and O–H groups in total. The van der Waals surface area contributed by atoms with Gasteiger partial charge in [0.15, 0.2) is 0 Å². The Hall–Kier alpha value is -2.25. The molecule has 7 heteroatoms. The van der Waals surface area contributed by atoms with Crippen molar-refractivity contribution in [1.82, 2.24) is 14.7 Å². The number of benzene rings is 1. The van der Waals surface area contributed by atoms with Crippen LogP contribution in [0.15, 0.2) is 30.3 Å². The molecule has 2 aromatic rings. The summed E-state index contributed by atoms with van der Waals surface area (Å²) in [6, 6.07) is 7.64. The number of halogens is 1. The van der Waals surface area contributed by atoms with Crippen LogP contribution in [0.25, 0.3) is 5.69 Å². The predicted octanol–water partition coefficient (Wildman–Crippen LogP) is 1.57. The number of likely N-dealkylation sites (N-methyl/N-ethyl adjacent to an activating group) is 1. The molecule has 1 aromatic carbocycles. The van der Waals surface area contributed by atoms with E-state index in [1.807, 2.05) is 18.7 Å². The zero-order chi connectivity index (χ0) is 16.8. The number of nitrogens with one attached hydrogen (secondary N) is 1. The first-order valence-electron chi connectivity index (χ1n) is 7.49. The largest absolute Gasteiger partial charge is 0.395 e. The number of rotatable bonds is 7. The number of aryl methyl sites for hydroxylation is 1. The summed E-state index contributed by atoms with van der Waals surface area (Å²) in [6.07, 6.45) is 0. The van der Waals surface area contributed by atoms with E-state index >= 15 is 0 Å². The number of hydrogen-bond acceptors (Lipinski definition) is 4. The lowest BCUT2D eigenvalue weighted by Crippen LogP contribution is -2.35. The van der Waals surface area contributed by atoms with Crippen molar-refractivity contribution in [3.05, 3.63) is 41.8 Å². The Morgan fingerprint density at radius 3 is 2.70 bits per heavy atom. The number of aromatic nitrogens is 2. The number of aliphatic hydroxyl groups is 1. The summed E-state index contributed by atoms with van der Waals surface area (Å²) in [5.74, 6) is 0.00789. The monoisotopic (exact) mass is 320 g/mol. The molecule has 1 amide bonds. The van der Waals surface area contributed by atoms with Crippen molar-refractivity contribution in [1.29, 1.82) is 0 Å². The molecule has 1 heterocycles. The average Bonchev–Trinajstić information content (AvgIpc) is 2.88. The second kappa shape index (κ2) is 7.85. The molecule has 0 bridgehead atoms. The Kier molecular flexibility index (Phi) is 5.84. The smallest absolute Gasteiger partial charge is 0.239 e. The predicted molar refractivity (Wildman–Crippen MR) is 86.1 cm³/mol. The van der Waals surface area contributed by atoms with E-state index in [0.29, 0.717) is 24.6 Å². The van der Waals surface area contributed by atoms with Gasteiger partial charge in [0.05, 0.1) is 24.5 Å². The Bertz CT molecular complexity index is 655. The van der Waals surface area contributed by atoms with Gasteiger partial charge in [0.1, 0.15) is 11.6 Å². The molecule has 0 aliphatic heterocycles. The molecule has 0 radical (unpaired) electrons. The quantitative estimate of drug-likeness (QED) is 0.812. The zero-order valence-electron chi connectivity index (χ0n) is 13.3. The molecule has 0 unspecified atom stereocenters. The molecule has 23 heavy (non-hydrogen) atoms. The molecule has 1 aromatic heterocycles. The van der Waals surface area contributed by atoms with E-state index < -0.39 is 0 Å². The Balaban J connectivity index is 2.14. The molecule has 124 valence electrons. The average molecular weight is 320 g/mol. The molecule has 0 aliphatic rings. The van der Waals surface area contributed by atoms with Gasteiger partial charge in [-0.3, -0.25) is 9.69 Å². The van der Waals surface area contributed by atoms with E-state index in [1.54, 1.807) is 22.9 Å². The highest BCUT2D eigenvalue weighted by atomic mass is 19.1. The number of carbonyl (C=O) groups excluding carboxylic acids is 1. The van der Waals surface area contributed by atoms with Crippen LogP contribution in [0.4, 0.5) is 10.2 Å². The van der Waals surface area contributed by atoms with Crippen LogP contribution in [0, 0.1) is 12.7 Å². The molecule has 0 spiro atoms. The van der Waals surface area contributed by atoms with E-state index in [4.69, 9.17) is 5.11 Å². The van der Waals surface area contributed by atoms with Crippen LogP contribution < -0.4 is 5.32 Å². The first-order valence-corrected chi connectivity index (χ1v) is 7.49. The van der Waals surface area contributed by atoms with Crippen molar-refractivity contribution >= 4 is 11.7 Å². The maximum absolute atomic E-state index is 13.0. The minimum atomic E-state index is -0.328. The highest BCUT2D eigenvalue weighted by Crippen LogP contribution is 2.17. The maximum Gasteiger partial charge on any atom is 0.239 e. The number of anilines is 1. The van der Waals surface area contributed by atoms with Crippen LogP contribution in [0.3, 0.4) is 0 Å². The SMILES string of the molecule is CCN(CCO)CC(=O)Nc1cc(C)nn1-c1ccc(F)cc1. The summed E-state index contributed by atoms with van der Waals surface area (Å²) in [4.78, 5) is 14.0. The number of aliphatic hydroxyl groups excluding tert-OH is 1. The maximum atomic E-state index is 13.0. The van der Waals surface area contributed by atoms with Gasteiger partial charge in [-0.1, -0.05) is 6.92 Å². The molecular formula is C16H21FN4O2. The lowest BCUT2D eigenvalue weighted by atomic mass is 10.3. The highest BCUT2D eigenvalue weighted by Gasteiger charge is 2.13. The van der Waals surface area contributed by atoms with E-state index in [0.717, 1.165) is 5.69 Å². The lowest BCUT2D eigenvalue weighted by molar-refractivity contribution is -0.117. The molecule has 6 nitrogen and oxygen atoms in total. The zero-order valence-corrected chi connectivity index (χ0v) is 13.3. The molecule has 0 atom stereocenters. The van der Waals surface area contributed by atoms with Crippen molar-refractivity contribution in [2.45, 2.75) is 13.8 Å². The van der Waals surface area contributed by atoms with Crippen LogP contribution in [0.5, 0.6) is 0 Å². The third kappa shape index (κ3) is 4.61. The summed E-state index contributed by atoms with van der Waals surface area (Å²) in [5.41, 5.74) is 1.41. The van der Waals surface area contributed by atoms with Crippen LogP contribution in [0.2, 0.25) is 0 Å². The van der Waals surface area contributed by atoms with E-state index in [2.05, 4.69) is 10.4 Å². The second-order valence-corrected chi connectivity index (χ2v) is 5.20. The van der Waals surface area contributed by atoms with E-state index in [9.17, 15) is 9.18 Å². The van der Waals surface area contributed by atoms with Crippen LogP contribution in [0.1, 0.15) is 12.6 Å². The van der Waals surface area contributed by atoms with Crippen molar-refractivity contribution in [2.24, 2.45) is 0 Å². The molecular weight excluding hydrogens is 299 g/mol. The minimum Gasteiger partial charge on any atom is -0.395 e. The van der Waals surface area contributed by atoms with Gasteiger partial charge in [0.25, 0.3) is 0 Å². The Morgan fingerprint density at radius 2 is 2.09 bits per heavy atom. The standard InChI is InChI=1S/C16H21FN4O2/c1-3-20(8-9-22)11-16(23)18-15-10-12(2)19-21(15)14-6-4-13(17)5-7-14/h4-7,10,22H,3,8-9,11H2,1-2H3,(H,18,23). The number of hydrogen-bond donors (Lipinski definition) is 2. The summed E-state index contributed by atoms with van der Waals surface area (Å²) in [6.45, 7) is 5.05. The lowest BCUT2D eigenvalue weighted by Gasteiger charge is -2.18. The fourth-order valence-electron chi connectivity index (χ4n) is 2.24. The van der Waals surface area contributed by atoms with Gasteiger partial charge in [-0.25, -0.2) is 9.07 Å². The fraction of sp³-hybridized carbons (Fsp3) is 0.375. The van der Waals surface area contributed by atoms with Gasteiger partial charge in [0, 0.05) is 12.6 Å². The molecule has 0 saturated carbocycles. The number of nitrogens with zero attached hydrogens (tertiary/aromatic N) is 3. The Labute approximate surface area is 134 Å². The van der Waals surface area contributed by atoms with Crippen LogP contribution in [-0.4, -0.2) is 51.9 Å². The van der Waals surface area contributed by atoms with Crippen LogP contribution >= 0.6 is 0 Å². The normalized spacial score (nSPS) is 11.0. The van der Waals surface area contributed by atoms with Gasteiger partial charge in [0.2, 0.25) is 5.91 Å². The molecule has 2 rings (SSSR count). The molecule has 0 saturated heterocycles. The van der Waals surface area contributed by atoms with E-state index in [1.165, 1.54) is 12.1 Å². The van der Waals surface area contributed by atoms with Gasteiger partial charge >= 0.3 is 0 Å². The first-order chi connectivity index (χ1) is 11.0. The van der Waals surface area contributed by atoms with Crippen molar-refractivity contribution in [3.63, 3.8) is 0 Å². The summed E-state index contributed by atoms with van der Waals surface area (Å²) >= 11 is 0. The fourth-order valence-corrected chi connectivity index (χ4v) is 2.24. The van der Waals surface area contributed by atoms with Gasteiger partial charge in [-0.2, -0.15) is 5.10 Å². The van der Waals surface area contributed by atoms with Gasteiger partial charge < -0.3 is 10.4 Å². The van der Waals surface area contributed by atoms with E-state index in [-0.39, 0.29) is 24.9 Å². The number of carbonyl (C=O) groups is 1. The van der Waals surface area contributed by atoms with Crippen molar-refractivity contribution in [2.75, 3.05) is 31.6 Å². The van der Waals surface area contributed by atoms with Crippen molar-refractivity contribution < 1.29 is 14.3 Å². The summed E-state index contributed by atoms with van der Waals surface area (Å²) < 4.78 is 14.6. The van der Waals surface area contributed by atoms with Gasteiger partial charge in [-0.15, -0.1) is 0 Å². The summed E-state index contributed by atoms with van der Waals surface area (Å²) in [7, 11) is 0. The minimum absolute atomic E-state index is 0.00768. The number of amides is 1.